The van der Waals surface area contributed by atoms with Gasteiger partial charge in [0.15, 0.2) is 0 Å². The maximum absolute atomic E-state index is 14.9. The Hall–Kier alpha value is -4.75. The Labute approximate surface area is 256 Å². The second kappa shape index (κ2) is 11.6. The van der Waals surface area contributed by atoms with Gasteiger partial charge >= 0.3 is 0 Å². The highest BCUT2D eigenvalue weighted by Crippen LogP contribution is 2.53. The lowest BCUT2D eigenvalue weighted by Gasteiger charge is -2.31. The average Bonchev–Trinajstić information content (AvgIpc) is 3.55. The molecule has 3 heterocycles. The maximum atomic E-state index is 14.9. The number of hydrogen-bond acceptors (Lipinski definition) is 3. The molecule has 2 N–H and O–H groups in total. The lowest BCUT2D eigenvalue weighted by Crippen LogP contribution is -2.36. The van der Waals surface area contributed by atoms with Crippen LogP contribution in [0.5, 0.6) is 0 Å². The van der Waals surface area contributed by atoms with Crippen molar-refractivity contribution in [3.63, 3.8) is 0 Å². The van der Waals surface area contributed by atoms with Gasteiger partial charge in [-0.15, -0.1) is 0 Å². The molecule has 1 atom stereocenters. The summed E-state index contributed by atoms with van der Waals surface area (Å²) in [5, 5.41) is 5.29. The summed E-state index contributed by atoms with van der Waals surface area (Å²) < 4.78 is 115. The van der Waals surface area contributed by atoms with E-state index in [4.69, 9.17) is 0 Å². The van der Waals surface area contributed by atoms with Crippen molar-refractivity contribution in [2.75, 3.05) is 5.32 Å². The lowest BCUT2D eigenvalue weighted by atomic mass is 9.88. The molecule has 14 heteroatoms. The molecule has 2 aromatic carbocycles. The highest BCUT2D eigenvalue weighted by atomic mass is 19.3. The highest BCUT2D eigenvalue weighted by Gasteiger charge is 2.54. The number of hydrogen-bond donors (Lipinski definition) is 2. The Morgan fingerprint density at radius 2 is 1.72 bits per heavy atom. The molecule has 0 radical (unpaired) electrons. The lowest BCUT2D eigenvalue weighted by molar-refractivity contribution is -0.123. The molecule has 0 spiro atoms. The molecule has 0 fully saturated rings. The number of fused-ring (bicyclic) bond motifs is 2. The minimum absolute atomic E-state index is 0.0904. The molecule has 46 heavy (non-hydrogen) atoms. The number of carbonyl (C=O) groups is 2. The number of nitrogens with one attached hydrogen (secondary N) is 2. The van der Waals surface area contributed by atoms with Crippen LogP contribution in [-0.2, 0) is 40.8 Å². The van der Waals surface area contributed by atoms with Crippen molar-refractivity contribution < 1.29 is 44.7 Å². The van der Waals surface area contributed by atoms with E-state index < -0.39 is 78.1 Å². The van der Waals surface area contributed by atoms with E-state index >= 15 is 0 Å². The molecule has 0 bridgehead atoms. The van der Waals surface area contributed by atoms with Crippen LogP contribution in [0.1, 0.15) is 59.0 Å². The van der Waals surface area contributed by atoms with Crippen LogP contribution >= 0.6 is 0 Å². The van der Waals surface area contributed by atoms with Crippen molar-refractivity contribution in [2.24, 2.45) is 0 Å². The largest absolute Gasteiger partial charge is 0.346 e. The summed E-state index contributed by atoms with van der Waals surface area (Å²) in [5.41, 5.74) is -1.54. The number of alkyl halides is 6. The van der Waals surface area contributed by atoms with E-state index in [0.717, 1.165) is 12.1 Å². The smallest absolute Gasteiger partial charge is 0.288 e. The van der Waals surface area contributed by atoms with Gasteiger partial charge < -0.3 is 15.2 Å². The van der Waals surface area contributed by atoms with Gasteiger partial charge in [-0.1, -0.05) is 12.1 Å². The Balaban J connectivity index is 1.38. The van der Waals surface area contributed by atoms with E-state index in [-0.39, 0.29) is 30.0 Å². The second-order valence-electron chi connectivity index (χ2n) is 11.3. The summed E-state index contributed by atoms with van der Waals surface area (Å²) in [7, 11) is 0. The van der Waals surface area contributed by atoms with E-state index in [9.17, 15) is 44.7 Å². The van der Waals surface area contributed by atoms with Crippen molar-refractivity contribution in [3.05, 3.63) is 106 Å². The first-order chi connectivity index (χ1) is 21.7. The van der Waals surface area contributed by atoms with Crippen molar-refractivity contribution in [3.8, 4) is 11.1 Å². The van der Waals surface area contributed by atoms with Gasteiger partial charge in [-0.25, -0.2) is 26.3 Å². The molecule has 2 amide bonds. The molecule has 0 saturated carbocycles. The van der Waals surface area contributed by atoms with Gasteiger partial charge in [0.25, 0.3) is 18.3 Å². The monoisotopic (exact) mass is 648 g/mol. The Morgan fingerprint density at radius 1 is 1.00 bits per heavy atom. The highest BCUT2D eigenvalue weighted by molar-refractivity contribution is 5.99. The zero-order valence-electron chi connectivity index (χ0n) is 23.7. The fourth-order valence-corrected chi connectivity index (χ4v) is 6.11. The number of amides is 2. The molecule has 1 aliphatic carbocycles. The van der Waals surface area contributed by atoms with Gasteiger partial charge in [0.1, 0.15) is 18.2 Å². The summed E-state index contributed by atoms with van der Waals surface area (Å²) >= 11 is 0. The zero-order chi connectivity index (χ0) is 33.0. The normalized spacial score (nSPS) is 16.9. The third kappa shape index (κ3) is 5.95. The Morgan fingerprint density at radius 3 is 2.43 bits per heavy atom. The molecular weight excluding hydrogens is 624 g/mol. The van der Waals surface area contributed by atoms with Crippen LogP contribution in [0, 0.1) is 11.6 Å². The van der Waals surface area contributed by atoms with E-state index in [0.29, 0.717) is 39.2 Å². The topological polar surface area (TPSA) is 76.0 Å². The van der Waals surface area contributed by atoms with E-state index in [2.05, 4.69) is 15.6 Å². The first-order valence-electron chi connectivity index (χ1n) is 14.1. The molecule has 4 aromatic rings. The molecule has 0 unspecified atom stereocenters. The van der Waals surface area contributed by atoms with Crippen LogP contribution in [0.3, 0.4) is 0 Å². The van der Waals surface area contributed by atoms with Crippen LogP contribution < -0.4 is 10.6 Å². The standard InChI is InChI=1S/C32H24F8N4O2/c33-19-8-16(9-20(34)13-19)10-24(28-21(2-1-7-41-28)17-3-4-23-18(11-17)12-25(45)42-23)43-26(46)15-44-14-22(30(35)36)27-29(44)32(39,40)6-5-31(27,37)38/h1-4,7-9,11,13-14,24,30H,5-6,10,12,15H2,(H,42,45)(H,43,46)/t24-/m0/s1. The third-order valence-corrected chi connectivity index (χ3v) is 8.03. The number of carbonyl (C=O) groups excluding carboxylic acids is 2. The molecule has 6 rings (SSSR count). The first-order valence-corrected chi connectivity index (χ1v) is 14.1. The number of pyridine rings is 1. The molecule has 240 valence electrons. The zero-order valence-corrected chi connectivity index (χ0v) is 23.7. The number of halogens is 8. The third-order valence-electron chi connectivity index (χ3n) is 8.03. The van der Waals surface area contributed by atoms with Gasteiger partial charge in [0.2, 0.25) is 11.8 Å². The van der Waals surface area contributed by atoms with Crippen LogP contribution in [0.2, 0.25) is 0 Å². The molecule has 2 aromatic heterocycles. The molecule has 1 aliphatic heterocycles. The van der Waals surface area contributed by atoms with Gasteiger partial charge in [0, 0.05) is 48.1 Å². The molecule has 2 aliphatic rings. The second-order valence-corrected chi connectivity index (χ2v) is 11.3. The van der Waals surface area contributed by atoms with Crippen molar-refractivity contribution in [1.82, 2.24) is 14.9 Å². The summed E-state index contributed by atoms with van der Waals surface area (Å²) in [4.78, 5) is 29.7. The molecule has 0 saturated heterocycles. The average molecular weight is 649 g/mol. The summed E-state index contributed by atoms with van der Waals surface area (Å²) in [6.07, 6.45) is -4.47. The van der Waals surface area contributed by atoms with E-state index in [1.165, 1.54) is 6.20 Å². The van der Waals surface area contributed by atoms with Crippen molar-refractivity contribution in [2.45, 2.75) is 56.5 Å². The Bertz CT molecular complexity index is 1840. The van der Waals surface area contributed by atoms with Crippen molar-refractivity contribution in [1.29, 1.82) is 0 Å². The number of rotatable bonds is 8. The predicted molar refractivity (Wildman–Crippen MR) is 149 cm³/mol. The summed E-state index contributed by atoms with van der Waals surface area (Å²) in [5.74, 6) is -10.9. The van der Waals surface area contributed by atoms with Crippen LogP contribution in [0.25, 0.3) is 11.1 Å². The molecule has 6 nitrogen and oxygen atoms in total. The maximum Gasteiger partial charge on any atom is 0.288 e. The van der Waals surface area contributed by atoms with Crippen LogP contribution in [-0.4, -0.2) is 21.4 Å². The summed E-state index contributed by atoms with van der Waals surface area (Å²) in [6, 6.07) is 9.87. The number of aromatic nitrogens is 2. The quantitative estimate of drug-likeness (QED) is 0.197. The number of anilines is 1. The molecular formula is C32H24F8N4O2. The fraction of sp³-hybridized carbons (Fsp3) is 0.281. The summed E-state index contributed by atoms with van der Waals surface area (Å²) in [6.45, 7) is -1.04. The fourth-order valence-electron chi connectivity index (χ4n) is 6.11. The predicted octanol–water partition coefficient (Wildman–Crippen LogP) is 7.34. The number of nitrogens with zero attached hydrogens (tertiary/aromatic N) is 2. The van der Waals surface area contributed by atoms with E-state index in [1.54, 1.807) is 30.3 Å². The van der Waals surface area contributed by atoms with Gasteiger partial charge in [-0.2, -0.15) is 8.78 Å². The van der Waals surface area contributed by atoms with Crippen molar-refractivity contribution >= 4 is 17.5 Å². The van der Waals surface area contributed by atoms with Crippen LogP contribution in [0.15, 0.2) is 60.9 Å². The van der Waals surface area contributed by atoms with Gasteiger partial charge in [0.05, 0.1) is 29.4 Å². The minimum atomic E-state index is -3.96. The minimum Gasteiger partial charge on any atom is -0.346 e. The van der Waals surface area contributed by atoms with Gasteiger partial charge in [-0.05, 0) is 53.4 Å². The SMILES string of the molecule is O=C1Cc2cc(-c3cccnc3[C@H](Cc3cc(F)cc(F)c3)NC(=O)Cn3cc(C(F)F)c4c3C(F)(F)CCC4(F)F)ccc2N1. The van der Waals surface area contributed by atoms with E-state index in [1.807, 2.05) is 0 Å². The number of benzene rings is 2. The first kappa shape index (κ1) is 31.2. The van der Waals surface area contributed by atoms with Crippen LogP contribution in [0.4, 0.5) is 40.8 Å². The van der Waals surface area contributed by atoms with Gasteiger partial charge in [-0.3, -0.25) is 14.6 Å². The Kier molecular flexibility index (Phi) is 7.85.